The lowest BCUT2D eigenvalue weighted by Gasteiger charge is -2.13. The number of benzene rings is 3. The number of nitrogens with one attached hydrogen (secondary N) is 2. The Labute approximate surface area is 171 Å². The predicted molar refractivity (Wildman–Crippen MR) is 119 cm³/mol. The highest BCUT2D eigenvalue weighted by Gasteiger charge is 2.04. The molecule has 0 saturated heterocycles. The fraction of sp³-hybridized carbons (Fsp3) is 0.0476. The molecule has 2 N–H and O–H groups in total. The summed E-state index contributed by atoms with van der Waals surface area (Å²) in [7, 11) is 0. The molecule has 134 valence electrons. The third kappa shape index (κ3) is 4.35. The average molecular weight is 437 g/mol. The van der Waals surface area contributed by atoms with Gasteiger partial charge in [-0.25, -0.2) is 0 Å². The maximum absolute atomic E-state index is 5.51. The van der Waals surface area contributed by atoms with Gasteiger partial charge in [-0.15, -0.1) is 0 Å². The molecule has 0 aliphatic heterocycles. The summed E-state index contributed by atoms with van der Waals surface area (Å²) in [5, 5.41) is 13.7. The van der Waals surface area contributed by atoms with Gasteiger partial charge in [0.1, 0.15) is 0 Å². The molecule has 0 aliphatic rings. The van der Waals surface area contributed by atoms with Gasteiger partial charge in [-0.3, -0.25) is 4.68 Å². The van der Waals surface area contributed by atoms with Gasteiger partial charge in [0.05, 0.1) is 17.2 Å². The molecular weight excluding hydrogens is 420 g/mol. The number of thiocarbonyl (C=S) groups is 1. The predicted octanol–water partition coefficient (Wildman–Crippen LogP) is 5.66. The fourth-order valence-electron chi connectivity index (χ4n) is 2.98. The van der Waals surface area contributed by atoms with Crippen molar-refractivity contribution in [1.82, 2.24) is 9.78 Å². The molecule has 0 atom stereocenters. The highest BCUT2D eigenvalue weighted by atomic mass is 79.9. The minimum Gasteiger partial charge on any atom is -0.332 e. The van der Waals surface area contributed by atoms with Crippen LogP contribution in [0, 0.1) is 0 Å². The average Bonchev–Trinajstić information content (AvgIpc) is 3.07. The highest BCUT2D eigenvalue weighted by Crippen LogP contribution is 2.23. The summed E-state index contributed by atoms with van der Waals surface area (Å²) in [6.07, 6.45) is 3.73. The third-order valence-corrected chi connectivity index (χ3v) is 4.78. The topological polar surface area (TPSA) is 41.9 Å². The van der Waals surface area contributed by atoms with E-state index in [9.17, 15) is 0 Å². The minimum atomic E-state index is 0.560. The van der Waals surface area contributed by atoms with Crippen molar-refractivity contribution < 1.29 is 0 Å². The molecule has 4 aromatic rings. The number of fused-ring (bicyclic) bond motifs is 1. The van der Waals surface area contributed by atoms with Crippen LogP contribution < -0.4 is 10.6 Å². The smallest absolute Gasteiger partial charge is 0.175 e. The number of halogens is 1. The van der Waals surface area contributed by atoms with Crippen molar-refractivity contribution in [2.75, 3.05) is 10.6 Å². The lowest BCUT2D eigenvalue weighted by Crippen LogP contribution is -2.19. The minimum absolute atomic E-state index is 0.560. The van der Waals surface area contributed by atoms with Crippen LogP contribution in [0.1, 0.15) is 5.56 Å². The van der Waals surface area contributed by atoms with E-state index in [1.807, 2.05) is 47.3 Å². The summed E-state index contributed by atoms with van der Waals surface area (Å²) in [5.74, 6) is 0. The molecule has 1 heterocycles. The zero-order valence-corrected chi connectivity index (χ0v) is 16.8. The molecule has 0 unspecified atom stereocenters. The largest absolute Gasteiger partial charge is 0.332 e. The summed E-state index contributed by atoms with van der Waals surface area (Å²) in [4.78, 5) is 0. The Morgan fingerprint density at radius 2 is 1.81 bits per heavy atom. The van der Waals surface area contributed by atoms with Crippen LogP contribution in [0.2, 0.25) is 0 Å². The van der Waals surface area contributed by atoms with E-state index in [0.29, 0.717) is 11.7 Å². The monoisotopic (exact) mass is 436 g/mol. The number of anilines is 2. The van der Waals surface area contributed by atoms with E-state index in [2.05, 4.69) is 62.0 Å². The summed E-state index contributed by atoms with van der Waals surface area (Å²) in [6.45, 7) is 0.699. The van der Waals surface area contributed by atoms with Crippen LogP contribution in [0.15, 0.2) is 83.6 Å². The summed E-state index contributed by atoms with van der Waals surface area (Å²) in [5.41, 5.74) is 3.07. The van der Waals surface area contributed by atoms with E-state index in [1.54, 1.807) is 6.20 Å². The molecule has 0 radical (unpaired) electrons. The second kappa shape index (κ2) is 7.90. The molecule has 0 amide bonds. The van der Waals surface area contributed by atoms with Gasteiger partial charge in [0.25, 0.3) is 0 Å². The molecular formula is C21H17BrN4S. The number of hydrogen-bond donors (Lipinski definition) is 2. The molecule has 4 rings (SSSR count). The lowest BCUT2D eigenvalue weighted by atomic mass is 10.1. The Morgan fingerprint density at radius 3 is 2.67 bits per heavy atom. The zero-order valence-electron chi connectivity index (χ0n) is 14.4. The van der Waals surface area contributed by atoms with Crippen molar-refractivity contribution in [2.24, 2.45) is 0 Å². The SMILES string of the molecule is S=C(Nc1cccc(Cn2cc(Br)cn2)c1)Nc1cccc2ccccc12. The number of hydrogen-bond acceptors (Lipinski definition) is 2. The molecule has 6 heteroatoms. The van der Waals surface area contributed by atoms with Crippen molar-refractivity contribution in [3.05, 3.63) is 89.2 Å². The fourth-order valence-corrected chi connectivity index (χ4v) is 3.53. The van der Waals surface area contributed by atoms with Crippen molar-refractivity contribution in [2.45, 2.75) is 6.54 Å². The maximum atomic E-state index is 5.51. The number of rotatable bonds is 4. The Hall–Kier alpha value is -2.70. The van der Waals surface area contributed by atoms with Crippen molar-refractivity contribution >= 4 is 55.4 Å². The van der Waals surface area contributed by atoms with E-state index in [1.165, 1.54) is 5.39 Å². The van der Waals surface area contributed by atoms with Crippen LogP contribution in [0.4, 0.5) is 11.4 Å². The molecule has 0 spiro atoms. The molecule has 27 heavy (non-hydrogen) atoms. The van der Waals surface area contributed by atoms with Gasteiger partial charge < -0.3 is 10.6 Å². The van der Waals surface area contributed by atoms with E-state index in [-0.39, 0.29) is 0 Å². The van der Waals surface area contributed by atoms with Gasteiger partial charge in [0.15, 0.2) is 5.11 Å². The summed E-state index contributed by atoms with van der Waals surface area (Å²) in [6, 6.07) is 22.5. The first-order valence-corrected chi connectivity index (χ1v) is 9.70. The lowest BCUT2D eigenvalue weighted by molar-refractivity contribution is 0.687. The van der Waals surface area contributed by atoms with Gasteiger partial charge in [-0.1, -0.05) is 48.5 Å². The molecule has 1 aromatic heterocycles. The van der Waals surface area contributed by atoms with Gasteiger partial charge >= 0.3 is 0 Å². The molecule has 3 aromatic carbocycles. The van der Waals surface area contributed by atoms with E-state index in [4.69, 9.17) is 12.2 Å². The molecule has 0 aliphatic carbocycles. The van der Waals surface area contributed by atoms with Crippen LogP contribution in [0.25, 0.3) is 10.8 Å². The van der Waals surface area contributed by atoms with Gasteiger partial charge in [-0.2, -0.15) is 5.10 Å². The summed E-state index contributed by atoms with van der Waals surface area (Å²) >= 11 is 8.93. The first-order chi connectivity index (χ1) is 13.2. The number of aromatic nitrogens is 2. The molecule has 0 bridgehead atoms. The normalized spacial score (nSPS) is 10.7. The van der Waals surface area contributed by atoms with Crippen molar-refractivity contribution in [3.8, 4) is 0 Å². The van der Waals surface area contributed by atoms with Gasteiger partial charge in [0, 0.05) is 23.0 Å². The van der Waals surface area contributed by atoms with Crippen LogP contribution in [0.3, 0.4) is 0 Å². The molecule has 0 fully saturated rings. The van der Waals surface area contributed by atoms with E-state index in [0.717, 1.165) is 26.8 Å². The number of nitrogens with zero attached hydrogens (tertiary/aromatic N) is 2. The van der Waals surface area contributed by atoms with Gasteiger partial charge in [0.2, 0.25) is 0 Å². The van der Waals surface area contributed by atoms with Crippen molar-refractivity contribution in [1.29, 1.82) is 0 Å². The van der Waals surface area contributed by atoms with Crippen LogP contribution in [-0.2, 0) is 6.54 Å². The first-order valence-electron chi connectivity index (χ1n) is 8.50. The standard InChI is InChI=1S/C21H17BrN4S/c22-17-12-23-26(14-17)13-15-5-3-8-18(11-15)24-21(27)25-20-10-4-7-16-6-1-2-9-19(16)20/h1-12,14H,13H2,(H2,24,25,27). The van der Waals surface area contributed by atoms with Crippen LogP contribution >= 0.6 is 28.1 Å². The second-order valence-corrected chi connectivity index (χ2v) is 7.49. The Morgan fingerprint density at radius 1 is 1.00 bits per heavy atom. The Balaban J connectivity index is 1.47. The van der Waals surface area contributed by atoms with Crippen molar-refractivity contribution in [3.63, 3.8) is 0 Å². The third-order valence-electron chi connectivity index (χ3n) is 4.17. The zero-order chi connectivity index (χ0) is 18.6. The van der Waals surface area contributed by atoms with E-state index < -0.39 is 0 Å². The Kier molecular flexibility index (Phi) is 5.18. The first kappa shape index (κ1) is 17.7. The highest BCUT2D eigenvalue weighted by molar-refractivity contribution is 9.10. The van der Waals surface area contributed by atoms with Gasteiger partial charge in [-0.05, 0) is 57.3 Å². The maximum Gasteiger partial charge on any atom is 0.175 e. The van der Waals surface area contributed by atoms with Crippen LogP contribution in [0.5, 0.6) is 0 Å². The Bertz CT molecular complexity index is 1100. The molecule has 4 nitrogen and oxygen atoms in total. The second-order valence-electron chi connectivity index (χ2n) is 6.16. The van der Waals surface area contributed by atoms with Crippen LogP contribution in [-0.4, -0.2) is 14.9 Å². The quantitative estimate of drug-likeness (QED) is 0.405. The summed E-state index contributed by atoms with van der Waals surface area (Å²) < 4.78 is 2.85. The van der Waals surface area contributed by atoms with E-state index >= 15 is 0 Å². The molecule has 0 saturated carbocycles.